The van der Waals surface area contributed by atoms with Crippen molar-refractivity contribution in [3.8, 4) is 23.0 Å². The molecule has 1 spiro atoms. The third-order valence-electron chi connectivity index (χ3n) is 10.9. The largest absolute Gasteiger partial charge is 0.508 e. The molecule has 4 saturated heterocycles. The third kappa shape index (κ3) is 5.65. The second-order valence-corrected chi connectivity index (χ2v) is 16.3. The number of halogens is 3. The molecule has 0 bridgehead atoms. The third-order valence-corrected chi connectivity index (χ3v) is 12.6. The van der Waals surface area contributed by atoms with Gasteiger partial charge >= 0.3 is 6.01 Å². The quantitative estimate of drug-likeness (QED) is 0.291. The molecule has 4 fully saturated rings. The van der Waals surface area contributed by atoms with Crippen molar-refractivity contribution in [1.82, 2.24) is 19.9 Å². The normalized spacial score (nSPS) is 25.0. The van der Waals surface area contributed by atoms with Crippen molar-refractivity contribution in [3.63, 3.8) is 0 Å². The Balaban J connectivity index is 1.25. The number of aromatic hydroxyl groups is 1. The van der Waals surface area contributed by atoms with Gasteiger partial charge in [0.25, 0.3) is 0 Å². The molecule has 6 heterocycles. The molecule has 14 heteroatoms. The molecule has 2 aromatic carbocycles. The smallest absolute Gasteiger partial charge is 0.319 e. The van der Waals surface area contributed by atoms with Crippen LogP contribution in [0.2, 0.25) is 0 Å². The molecule has 0 aliphatic carbocycles. The van der Waals surface area contributed by atoms with Crippen molar-refractivity contribution in [2.45, 2.75) is 62.8 Å². The molecule has 0 radical (unpaired) electrons. The summed E-state index contributed by atoms with van der Waals surface area (Å²) in [5.41, 5.74) is -0.787. The number of aryl methyl sites for hydroxylation is 1. The van der Waals surface area contributed by atoms with Gasteiger partial charge in [0.15, 0.2) is 15.7 Å². The zero-order valence-electron chi connectivity index (χ0n) is 27.2. The second kappa shape index (κ2) is 11.9. The summed E-state index contributed by atoms with van der Waals surface area (Å²) in [6.07, 6.45) is 3.55. The standard InChI is InChI=1S/C35H38F3N5O5S/c1-2-24-27(37)5-4-21-14-23(44)15-25(28(21)24)30-29(38)31-26(17-39-30)32(42-10-11-48-35(19-42)7-12-49(45,46)13-8-35)41-33(40-31)47-20-34-6-3-9-43(34)18-22(36)16-34/h4-5,14-15,17,22,44H,2-3,6-13,16,18-20H2,1H3/t22-,34+/m1/s1. The van der Waals surface area contributed by atoms with Gasteiger partial charge in [0.1, 0.15) is 41.4 Å². The summed E-state index contributed by atoms with van der Waals surface area (Å²) in [4.78, 5) is 17.9. The van der Waals surface area contributed by atoms with Crippen LogP contribution in [-0.2, 0) is 21.0 Å². The van der Waals surface area contributed by atoms with Crippen LogP contribution in [0.4, 0.5) is 19.0 Å². The van der Waals surface area contributed by atoms with Crippen LogP contribution in [0.1, 0.15) is 44.6 Å². The first kappa shape index (κ1) is 32.5. The minimum atomic E-state index is -3.15. The predicted octanol–water partition coefficient (Wildman–Crippen LogP) is 5.13. The number of hydrogen-bond acceptors (Lipinski definition) is 10. The highest BCUT2D eigenvalue weighted by Gasteiger charge is 2.49. The minimum Gasteiger partial charge on any atom is -0.508 e. The number of sulfone groups is 1. The highest BCUT2D eigenvalue weighted by Crippen LogP contribution is 2.42. The van der Waals surface area contributed by atoms with E-state index in [1.54, 1.807) is 13.0 Å². The zero-order valence-corrected chi connectivity index (χ0v) is 28.0. The van der Waals surface area contributed by atoms with Crippen LogP contribution < -0.4 is 9.64 Å². The van der Waals surface area contributed by atoms with Gasteiger partial charge in [0.05, 0.1) is 34.6 Å². The number of nitrogens with zero attached hydrogens (tertiary/aromatic N) is 5. The fourth-order valence-electron chi connectivity index (χ4n) is 8.43. The van der Waals surface area contributed by atoms with Crippen LogP contribution in [0.3, 0.4) is 0 Å². The van der Waals surface area contributed by atoms with Crippen LogP contribution in [0.15, 0.2) is 30.5 Å². The maximum Gasteiger partial charge on any atom is 0.319 e. The topological polar surface area (TPSA) is 118 Å². The molecule has 2 aromatic heterocycles. The molecule has 2 atom stereocenters. The van der Waals surface area contributed by atoms with Crippen LogP contribution >= 0.6 is 0 Å². The molecule has 4 aromatic rings. The molecule has 1 N–H and O–H groups in total. The van der Waals surface area contributed by atoms with E-state index in [0.29, 0.717) is 79.5 Å². The van der Waals surface area contributed by atoms with E-state index in [1.807, 2.05) is 4.90 Å². The van der Waals surface area contributed by atoms with E-state index in [4.69, 9.17) is 14.5 Å². The number of morpholine rings is 1. The first-order chi connectivity index (χ1) is 23.5. The Morgan fingerprint density at radius 1 is 1.12 bits per heavy atom. The number of ether oxygens (including phenoxy) is 2. The first-order valence-corrected chi connectivity index (χ1v) is 18.7. The lowest BCUT2D eigenvalue weighted by atomic mass is 9.94. The van der Waals surface area contributed by atoms with Crippen molar-refractivity contribution in [3.05, 3.63) is 47.7 Å². The molecule has 4 aliphatic rings. The number of phenolic OH excluding ortho intramolecular Hbond substituents is 1. The minimum absolute atomic E-state index is 0.0195. The van der Waals surface area contributed by atoms with Gasteiger partial charge in [-0.25, -0.2) is 21.6 Å². The fourth-order valence-corrected chi connectivity index (χ4v) is 10.0. The Morgan fingerprint density at radius 3 is 2.73 bits per heavy atom. The van der Waals surface area contributed by atoms with E-state index in [-0.39, 0.29) is 46.6 Å². The van der Waals surface area contributed by atoms with E-state index in [2.05, 4.69) is 14.9 Å². The van der Waals surface area contributed by atoms with Crippen LogP contribution in [-0.4, -0.2) is 102 Å². The molecule has 49 heavy (non-hydrogen) atoms. The van der Waals surface area contributed by atoms with E-state index in [9.17, 15) is 17.9 Å². The number of alkyl halides is 1. The molecule has 8 rings (SSSR count). The van der Waals surface area contributed by atoms with Gasteiger partial charge in [-0.3, -0.25) is 9.88 Å². The summed E-state index contributed by atoms with van der Waals surface area (Å²) < 4.78 is 83.5. The van der Waals surface area contributed by atoms with Crippen molar-refractivity contribution in [1.29, 1.82) is 0 Å². The Kier molecular flexibility index (Phi) is 7.91. The molecule has 10 nitrogen and oxygen atoms in total. The van der Waals surface area contributed by atoms with Crippen LogP contribution in [0.25, 0.3) is 32.9 Å². The maximum absolute atomic E-state index is 17.0. The SMILES string of the molecule is CCc1c(F)ccc2cc(O)cc(-c3ncc4c(N5CCOC6(CCS(=O)(=O)CC6)C5)nc(OC[C@@]56CCCN5C[C@H](F)C6)nc4c3F)c12. The number of benzene rings is 2. The maximum atomic E-state index is 17.0. The number of aromatic nitrogens is 3. The molecule has 0 amide bonds. The van der Waals surface area contributed by atoms with E-state index < -0.39 is 38.8 Å². The number of hydrogen-bond donors (Lipinski definition) is 1. The van der Waals surface area contributed by atoms with Crippen LogP contribution in [0, 0.1) is 11.6 Å². The monoisotopic (exact) mass is 697 g/mol. The lowest BCUT2D eigenvalue weighted by Crippen LogP contribution is -2.55. The number of anilines is 1. The lowest BCUT2D eigenvalue weighted by molar-refractivity contribution is -0.0617. The average Bonchev–Trinajstić information content (AvgIpc) is 3.61. The summed E-state index contributed by atoms with van der Waals surface area (Å²) in [6, 6.07) is 5.68. The summed E-state index contributed by atoms with van der Waals surface area (Å²) in [6.45, 7) is 4.11. The lowest BCUT2D eigenvalue weighted by Gasteiger charge is -2.45. The number of pyridine rings is 1. The average molecular weight is 698 g/mol. The zero-order chi connectivity index (χ0) is 34.1. The van der Waals surface area contributed by atoms with Gasteiger partial charge in [-0.05, 0) is 73.2 Å². The number of fused-ring (bicyclic) bond motifs is 3. The Morgan fingerprint density at radius 2 is 1.94 bits per heavy atom. The van der Waals surface area contributed by atoms with Gasteiger partial charge in [-0.15, -0.1) is 0 Å². The molecule has 0 saturated carbocycles. The Hall–Kier alpha value is -3.75. The van der Waals surface area contributed by atoms with E-state index >= 15 is 8.78 Å². The second-order valence-electron chi connectivity index (χ2n) is 14.0. The summed E-state index contributed by atoms with van der Waals surface area (Å²) in [7, 11) is -3.15. The highest BCUT2D eigenvalue weighted by molar-refractivity contribution is 7.91. The van der Waals surface area contributed by atoms with Gasteiger partial charge in [-0.2, -0.15) is 9.97 Å². The van der Waals surface area contributed by atoms with Crippen molar-refractivity contribution >= 4 is 37.3 Å². The number of rotatable bonds is 6. The predicted molar refractivity (Wildman–Crippen MR) is 179 cm³/mol. The molecule has 260 valence electrons. The fraction of sp³-hybridized carbons (Fsp3) is 0.514. The van der Waals surface area contributed by atoms with Gasteiger partial charge in [0, 0.05) is 37.8 Å². The molecular formula is C35H38F3N5O5S. The van der Waals surface area contributed by atoms with E-state index in [1.165, 1.54) is 24.4 Å². The van der Waals surface area contributed by atoms with Crippen molar-refractivity contribution in [2.24, 2.45) is 0 Å². The summed E-state index contributed by atoms with van der Waals surface area (Å²) in [5, 5.41) is 11.9. The Bertz CT molecular complexity index is 2070. The summed E-state index contributed by atoms with van der Waals surface area (Å²) in [5.74, 6) is -0.951. The molecule has 4 aliphatic heterocycles. The van der Waals surface area contributed by atoms with Crippen molar-refractivity contribution < 1.29 is 36.2 Å². The van der Waals surface area contributed by atoms with Crippen LogP contribution in [0.5, 0.6) is 11.8 Å². The Labute approximate surface area is 282 Å². The highest BCUT2D eigenvalue weighted by atomic mass is 32.2. The van der Waals surface area contributed by atoms with Gasteiger partial charge in [-0.1, -0.05) is 13.0 Å². The van der Waals surface area contributed by atoms with Crippen molar-refractivity contribution in [2.75, 3.05) is 55.8 Å². The molecule has 0 unspecified atom stereocenters. The van der Waals surface area contributed by atoms with Gasteiger partial charge in [0.2, 0.25) is 0 Å². The van der Waals surface area contributed by atoms with E-state index in [0.717, 1.165) is 19.4 Å². The number of phenols is 1. The summed E-state index contributed by atoms with van der Waals surface area (Å²) >= 11 is 0. The molecular weight excluding hydrogens is 659 g/mol. The first-order valence-electron chi connectivity index (χ1n) is 16.9. The van der Waals surface area contributed by atoms with Gasteiger partial charge < -0.3 is 19.5 Å².